The molecule has 0 fully saturated rings. The summed E-state index contributed by atoms with van der Waals surface area (Å²) in [4.78, 5) is 27.7. The highest BCUT2D eigenvalue weighted by Gasteiger charge is 2.05. The Morgan fingerprint density at radius 2 is 2.04 bits per heavy atom. The van der Waals surface area contributed by atoms with E-state index >= 15 is 0 Å². The van der Waals surface area contributed by atoms with E-state index in [9.17, 15) is 9.59 Å². The molecule has 7 heteroatoms. The molecule has 2 amide bonds. The zero-order chi connectivity index (χ0) is 18.2. The van der Waals surface area contributed by atoms with Crippen LogP contribution in [0.3, 0.4) is 0 Å². The molecular formula is C19H17N5O2. The number of amides is 2. The van der Waals surface area contributed by atoms with Crippen molar-refractivity contribution in [3.05, 3.63) is 78.9 Å². The predicted octanol–water partition coefficient (Wildman–Crippen LogP) is 2.04. The van der Waals surface area contributed by atoms with Crippen molar-refractivity contribution in [1.29, 1.82) is 0 Å². The summed E-state index contributed by atoms with van der Waals surface area (Å²) in [6.45, 7) is -0.123. The molecule has 3 rings (SSSR count). The molecule has 1 aromatic carbocycles. The van der Waals surface area contributed by atoms with Crippen LogP contribution in [-0.2, 0) is 9.59 Å². The fraction of sp³-hybridized carbons (Fsp3) is 0.0526. The average Bonchev–Trinajstić information content (AvgIpc) is 3.21. The van der Waals surface area contributed by atoms with Gasteiger partial charge in [0.1, 0.15) is 0 Å². The Labute approximate surface area is 150 Å². The van der Waals surface area contributed by atoms with E-state index in [2.05, 4.69) is 20.7 Å². The van der Waals surface area contributed by atoms with E-state index in [1.807, 2.05) is 30.5 Å². The van der Waals surface area contributed by atoms with Crippen molar-refractivity contribution in [1.82, 2.24) is 20.1 Å². The summed E-state index contributed by atoms with van der Waals surface area (Å²) >= 11 is 0. The van der Waals surface area contributed by atoms with Crippen LogP contribution in [-0.4, -0.2) is 33.1 Å². The van der Waals surface area contributed by atoms with Crippen LogP contribution in [0.15, 0.2) is 73.3 Å². The van der Waals surface area contributed by atoms with Gasteiger partial charge in [0, 0.05) is 36.6 Å². The van der Waals surface area contributed by atoms with Crippen molar-refractivity contribution in [2.75, 3.05) is 11.9 Å². The van der Waals surface area contributed by atoms with Gasteiger partial charge in [0.25, 0.3) is 0 Å². The van der Waals surface area contributed by atoms with E-state index in [1.165, 1.54) is 6.08 Å². The summed E-state index contributed by atoms with van der Waals surface area (Å²) in [5.41, 5.74) is 2.27. The maximum atomic E-state index is 12.0. The normalized spacial score (nSPS) is 10.6. The molecule has 0 saturated heterocycles. The number of hydrogen-bond acceptors (Lipinski definition) is 4. The highest BCUT2D eigenvalue weighted by atomic mass is 16.2. The van der Waals surface area contributed by atoms with Crippen LogP contribution in [0.5, 0.6) is 0 Å². The van der Waals surface area contributed by atoms with Crippen molar-refractivity contribution in [3.8, 4) is 5.69 Å². The van der Waals surface area contributed by atoms with Gasteiger partial charge in [-0.25, -0.2) is 4.68 Å². The van der Waals surface area contributed by atoms with Crippen LogP contribution in [0.2, 0.25) is 0 Å². The van der Waals surface area contributed by atoms with E-state index < -0.39 is 0 Å². The Balaban J connectivity index is 1.50. The second kappa shape index (κ2) is 8.39. The lowest BCUT2D eigenvalue weighted by atomic mass is 10.2. The number of anilines is 1. The monoisotopic (exact) mass is 347 g/mol. The van der Waals surface area contributed by atoms with Crippen LogP contribution in [0, 0.1) is 0 Å². The molecule has 7 nitrogen and oxygen atoms in total. The zero-order valence-corrected chi connectivity index (χ0v) is 13.9. The number of pyridine rings is 1. The standard InChI is InChI=1S/C19H17N5O2/c25-18(8-7-15-4-2-9-20-13-15)21-14-19(26)23-16-5-1-6-17(12-16)24-11-3-10-22-24/h1-13H,14H2,(H,21,25)(H,23,26). The van der Waals surface area contributed by atoms with Gasteiger partial charge in [-0.05, 0) is 42.0 Å². The van der Waals surface area contributed by atoms with Gasteiger partial charge in [-0.2, -0.15) is 5.10 Å². The Kier molecular flexibility index (Phi) is 5.51. The number of rotatable bonds is 6. The van der Waals surface area contributed by atoms with Crippen LogP contribution in [0.25, 0.3) is 11.8 Å². The summed E-state index contributed by atoms with van der Waals surface area (Å²) in [7, 11) is 0. The van der Waals surface area contributed by atoms with E-state index in [1.54, 1.807) is 47.5 Å². The molecule has 0 radical (unpaired) electrons. The lowest BCUT2D eigenvalue weighted by Crippen LogP contribution is -2.31. The van der Waals surface area contributed by atoms with E-state index in [4.69, 9.17) is 0 Å². The average molecular weight is 347 g/mol. The molecule has 0 unspecified atom stereocenters. The second-order valence-electron chi connectivity index (χ2n) is 5.39. The second-order valence-corrected chi connectivity index (χ2v) is 5.39. The minimum absolute atomic E-state index is 0.123. The van der Waals surface area contributed by atoms with Gasteiger partial charge in [-0.1, -0.05) is 12.1 Å². The van der Waals surface area contributed by atoms with Gasteiger partial charge in [0.05, 0.1) is 12.2 Å². The Hall–Kier alpha value is -3.74. The summed E-state index contributed by atoms with van der Waals surface area (Å²) in [5.74, 6) is -0.667. The van der Waals surface area contributed by atoms with Gasteiger partial charge in [-0.3, -0.25) is 14.6 Å². The molecule has 0 spiro atoms. The van der Waals surface area contributed by atoms with Crippen LogP contribution in [0.1, 0.15) is 5.56 Å². The Bertz CT molecular complexity index is 905. The highest BCUT2D eigenvalue weighted by molar-refractivity contribution is 5.98. The van der Waals surface area contributed by atoms with Crippen molar-refractivity contribution >= 4 is 23.6 Å². The molecule has 0 aliphatic rings. The molecular weight excluding hydrogens is 330 g/mol. The lowest BCUT2D eigenvalue weighted by molar-refractivity contribution is -0.121. The van der Waals surface area contributed by atoms with Gasteiger partial charge in [0.15, 0.2) is 0 Å². The molecule has 26 heavy (non-hydrogen) atoms. The summed E-state index contributed by atoms with van der Waals surface area (Å²) in [5, 5.41) is 9.43. The first-order valence-electron chi connectivity index (χ1n) is 7.96. The minimum atomic E-state index is -0.353. The predicted molar refractivity (Wildman–Crippen MR) is 98.5 cm³/mol. The van der Waals surface area contributed by atoms with Gasteiger partial charge < -0.3 is 10.6 Å². The van der Waals surface area contributed by atoms with Crippen LogP contribution >= 0.6 is 0 Å². The highest BCUT2D eigenvalue weighted by Crippen LogP contribution is 2.13. The molecule has 0 saturated carbocycles. The summed E-state index contributed by atoms with van der Waals surface area (Å²) < 4.78 is 1.70. The smallest absolute Gasteiger partial charge is 0.244 e. The number of carbonyl (C=O) groups excluding carboxylic acids is 2. The lowest BCUT2D eigenvalue weighted by Gasteiger charge is -2.08. The quantitative estimate of drug-likeness (QED) is 0.668. The fourth-order valence-corrected chi connectivity index (χ4v) is 2.23. The van der Waals surface area contributed by atoms with Crippen molar-refractivity contribution in [2.45, 2.75) is 0 Å². The molecule has 2 heterocycles. The van der Waals surface area contributed by atoms with Crippen LogP contribution in [0.4, 0.5) is 5.69 Å². The van der Waals surface area contributed by atoms with Gasteiger partial charge in [-0.15, -0.1) is 0 Å². The van der Waals surface area contributed by atoms with E-state index in [0.29, 0.717) is 5.69 Å². The first-order chi connectivity index (χ1) is 12.7. The first kappa shape index (κ1) is 17.1. The first-order valence-corrected chi connectivity index (χ1v) is 7.96. The fourth-order valence-electron chi connectivity index (χ4n) is 2.23. The Morgan fingerprint density at radius 1 is 1.12 bits per heavy atom. The van der Waals surface area contributed by atoms with Gasteiger partial charge >= 0.3 is 0 Å². The number of carbonyl (C=O) groups is 2. The van der Waals surface area contributed by atoms with Crippen molar-refractivity contribution in [3.63, 3.8) is 0 Å². The number of benzene rings is 1. The molecule has 0 atom stereocenters. The van der Waals surface area contributed by atoms with E-state index in [0.717, 1.165) is 11.3 Å². The molecule has 130 valence electrons. The van der Waals surface area contributed by atoms with E-state index in [-0.39, 0.29) is 18.4 Å². The summed E-state index contributed by atoms with van der Waals surface area (Å²) in [6.07, 6.45) is 9.79. The third kappa shape index (κ3) is 4.88. The number of nitrogens with zero attached hydrogens (tertiary/aromatic N) is 3. The largest absolute Gasteiger partial charge is 0.343 e. The third-order valence-electron chi connectivity index (χ3n) is 3.43. The van der Waals surface area contributed by atoms with Gasteiger partial charge in [0.2, 0.25) is 11.8 Å². The third-order valence-corrected chi connectivity index (χ3v) is 3.43. The molecule has 2 N–H and O–H groups in total. The number of nitrogens with one attached hydrogen (secondary N) is 2. The topological polar surface area (TPSA) is 88.9 Å². The maximum absolute atomic E-state index is 12.0. The van der Waals surface area contributed by atoms with Crippen molar-refractivity contribution < 1.29 is 9.59 Å². The SMILES string of the molecule is O=C(C=Cc1cccnc1)NCC(=O)Nc1cccc(-n2cccn2)c1. The summed E-state index contributed by atoms with van der Waals surface area (Å²) in [6, 6.07) is 12.7. The molecule has 2 aromatic heterocycles. The molecule has 0 bridgehead atoms. The minimum Gasteiger partial charge on any atom is -0.343 e. The molecule has 0 aliphatic heterocycles. The molecule has 0 aliphatic carbocycles. The molecule has 3 aromatic rings. The number of hydrogen-bond donors (Lipinski definition) is 2. The maximum Gasteiger partial charge on any atom is 0.244 e. The zero-order valence-electron chi connectivity index (χ0n) is 13.9. The van der Waals surface area contributed by atoms with Crippen molar-refractivity contribution in [2.24, 2.45) is 0 Å². The Morgan fingerprint density at radius 3 is 2.81 bits per heavy atom. The van der Waals surface area contributed by atoms with Crippen LogP contribution < -0.4 is 10.6 Å². The number of aromatic nitrogens is 3.